The van der Waals surface area contributed by atoms with E-state index in [1.807, 2.05) is 11.3 Å². The number of rotatable bonds is 9. The van der Waals surface area contributed by atoms with Crippen LogP contribution < -0.4 is 4.90 Å². The Morgan fingerprint density at radius 1 is 0.243 bits per heavy atom. The van der Waals surface area contributed by atoms with Gasteiger partial charge in [0.25, 0.3) is 0 Å². The number of fused-ring (bicyclic) bond motifs is 6. The largest absolute Gasteiger partial charge is 0.310 e. The SMILES string of the molecule is c1ccc(-c2ccc(N(c3cccc(-c4ccc5c(c4)c(-c4ccccc4)c(-c4ccccc4)c4ccccc45)c3)c3cccc(-c4cccc5c4sc4ccccc45)c3)c(-c3ccccc3)c2)cc1. The minimum Gasteiger partial charge on any atom is -0.310 e. The molecule has 1 heterocycles. The quantitative estimate of drug-likeness (QED) is 0.130. The van der Waals surface area contributed by atoms with Crippen LogP contribution in [0.5, 0.6) is 0 Å². The van der Waals surface area contributed by atoms with Crippen LogP contribution in [-0.4, -0.2) is 0 Å². The van der Waals surface area contributed by atoms with Crippen LogP contribution in [0.25, 0.3) is 108 Å². The summed E-state index contributed by atoms with van der Waals surface area (Å²) in [6.07, 6.45) is 0. The van der Waals surface area contributed by atoms with Crippen molar-refractivity contribution in [1.29, 1.82) is 0 Å². The molecule has 0 saturated carbocycles. The van der Waals surface area contributed by atoms with Crippen molar-refractivity contribution >= 4 is 70.1 Å². The Morgan fingerprint density at radius 2 is 0.714 bits per heavy atom. The molecule has 1 aromatic heterocycles. The summed E-state index contributed by atoms with van der Waals surface area (Å²) in [5, 5.41) is 7.58. The van der Waals surface area contributed by atoms with Crippen LogP contribution in [0.3, 0.4) is 0 Å². The molecule has 13 rings (SSSR count). The Kier molecular flexibility index (Phi) is 10.5. The van der Waals surface area contributed by atoms with Gasteiger partial charge in [-0.15, -0.1) is 11.3 Å². The second-order valence-electron chi connectivity index (χ2n) is 18.0. The normalized spacial score (nSPS) is 11.4. The van der Waals surface area contributed by atoms with E-state index in [2.05, 4.69) is 278 Å². The van der Waals surface area contributed by atoms with Gasteiger partial charge in [-0.25, -0.2) is 0 Å². The van der Waals surface area contributed by atoms with E-state index in [1.165, 1.54) is 86.2 Å². The molecule has 2 heteroatoms. The molecule has 0 radical (unpaired) electrons. The first kappa shape index (κ1) is 41.4. The van der Waals surface area contributed by atoms with Crippen LogP contribution in [0.15, 0.2) is 273 Å². The molecule has 70 heavy (non-hydrogen) atoms. The van der Waals surface area contributed by atoms with Gasteiger partial charge in [0.15, 0.2) is 0 Å². The highest BCUT2D eigenvalue weighted by molar-refractivity contribution is 7.26. The zero-order chi connectivity index (χ0) is 46.4. The molecule has 0 aliphatic heterocycles. The lowest BCUT2D eigenvalue weighted by atomic mass is 9.84. The van der Waals surface area contributed by atoms with Gasteiger partial charge in [-0.3, -0.25) is 0 Å². The van der Waals surface area contributed by atoms with E-state index in [9.17, 15) is 0 Å². The van der Waals surface area contributed by atoms with Gasteiger partial charge in [0.2, 0.25) is 0 Å². The van der Waals surface area contributed by atoms with Crippen LogP contribution in [0.1, 0.15) is 0 Å². The highest BCUT2D eigenvalue weighted by Crippen LogP contribution is 2.48. The van der Waals surface area contributed by atoms with Crippen molar-refractivity contribution in [2.45, 2.75) is 0 Å². The number of hydrogen-bond acceptors (Lipinski definition) is 2. The third-order valence-electron chi connectivity index (χ3n) is 13.8. The Bertz CT molecular complexity index is 4040. The summed E-state index contributed by atoms with van der Waals surface area (Å²) in [4.78, 5) is 2.46. The fraction of sp³-hybridized carbons (Fsp3) is 0. The van der Waals surface area contributed by atoms with Crippen molar-refractivity contribution in [2.75, 3.05) is 4.90 Å². The van der Waals surface area contributed by atoms with E-state index in [0.717, 1.165) is 39.3 Å². The number of hydrogen-bond donors (Lipinski definition) is 0. The fourth-order valence-corrected chi connectivity index (χ4v) is 11.8. The maximum absolute atomic E-state index is 2.46. The molecule has 0 aliphatic carbocycles. The summed E-state index contributed by atoms with van der Waals surface area (Å²) >= 11 is 1.88. The minimum atomic E-state index is 1.08. The Balaban J connectivity index is 1.03. The van der Waals surface area contributed by atoms with Gasteiger partial charge < -0.3 is 4.90 Å². The third kappa shape index (κ3) is 7.34. The van der Waals surface area contributed by atoms with E-state index in [4.69, 9.17) is 0 Å². The summed E-state index contributed by atoms with van der Waals surface area (Å²) < 4.78 is 2.61. The van der Waals surface area contributed by atoms with Crippen molar-refractivity contribution in [2.24, 2.45) is 0 Å². The average Bonchev–Trinajstić information content (AvgIpc) is 3.83. The smallest absolute Gasteiger partial charge is 0.0540 e. The van der Waals surface area contributed by atoms with E-state index in [1.54, 1.807) is 0 Å². The Morgan fingerprint density at radius 3 is 1.41 bits per heavy atom. The van der Waals surface area contributed by atoms with Crippen molar-refractivity contribution < 1.29 is 0 Å². The van der Waals surface area contributed by atoms with E-state index >= 15 is 0 Å². The predicted molar refractivity (Wildman–Crippen MR) is 302 cm³/mol. The van der Waals surface area contributed by atoms with Crippen LogP contribution >= 0.6 is 11.3 Å². The van der Waals surface area contributed by atoms with Crippen molar-refractivity contribution in [3.8, 4) is 66.8 Å². The van der Waals surface area contributed by atoms with Gasteiger partial charge in [0.05, 0.1) is 5.69 Å². The van der Waals surface area contributed by atoms with Crippen LogP contribution in [0.4, 0.5) is 17.1 Å². The first-order valence-corrected chi connectivity index (χ1v) is 24.8. The highest BCUT2D eigenvalue weighted by Gasteiger charge is 2.22. The van der Waals surface area contributed by atoms with Gasteiger partial charge in [-0.05, 0) is 131 Å². The van der Waals surface area contributed by atoms with Gasteiger partial charge in [0, 0.05) is 37.1 Å². The van der Waals surface area contributed by atoms with Crippen LogP contribution in [-0.2, 0) is 0 Å². The topological polar surface area (TPSA) is 3.24 Å². The molecule has 0 fully saturated rings. The van der Waals surface area contributed by atoms with E-state index < -0.39 is 0 Å². The molecule has 0 aliphatic rings. The summed E-state index contributed by atoms with van der Waals surface area (Å²) in [6.45, 7) is 0. The zero-order valence-corrected chi connectivity index (χ0v) is 39.2. The molecule has 0 unspecified atom stereocenters. The summed E-state index contributed by atoms with van der Waals surface area (Å²) in [6, 6.07) is 100. The lowest BCUT2D eigenvalue weighted by molar-refractivity contribution is 1.28. The lowest BCUT2D eigenvalue weighted by Crippen LogP contribution is -2.11. The molecule has 0 N–H and O–H groups in total. The molecule has 1 nitrogen and oxygen atoms in total. The molecule has 12 aromatic carbocycles. The van der Waals surface area contributed by atoms with Crippen LogP contribution in [0.2, 0.25) is 0 Å². The highest BCUT2D eigenvalue weighted by atomic mass is 32.1. The maximum atomic E-state index is 2.46. The third-order valence-corrected chi connectivity index (χ3v) is 15.1. The molecule has 0 saturated heterocycles. The van der Waals surface area contributed by atoms with Gasteiger partial charge in [0.1, 0.15) is 0 Å². The van der Waals surface area contributed by atoms with Crippen LogP contribution in [0, 0.1) is 0 Å². The standard InChI is InChI=1S/C68H45NS/c1-5-20-46(21-6-1)51-39-41-64(62(44-51)47-22-7-2-8-23-47)69(55-31-18-29-53(43-55)56-35-19-36-61-59-33-15-16-37-65(59)70-68(56)61)54-30-17-28-50(42-54)52-38-40-58-57-32-13-14-34-60(57)66(48-24-9-3-10-25-48)67(63(58)45-52)49-26-11-4-12-27-49/h1-45H. The summed E-state index contributed by atoms with van der Waals surface area (Å²) in [5.74, 6) is 0. The number of anilines is 3. The Labute approximate surface area is 412 Å². The van der Waals surface area contributed by atoms with Gasteiger partial charge in [-0.2, -0.15) is 0 Å². The molecule has 13 aromatic rings. The van der Waals surface area contributed by atoms with Crippen molar-refractivity contribution in [3.05, 3.63) is 273 Å². The van der Waals surface area contributed by atoms with Crippen molar-refractivity contribution in [3.63, 3.8) is 0 Å². The molecular weight excluding hydrogens is 863 g/mol. The van der Waals surface area contributed by atoms with Crippen molar-refractivity contribution in [1.82, 2.24) is 0 Å². The van der Waals surface area contributed by atoms with Gasteiger partial charge in [-0.1, -0.05) is 224 Å². The molecular formula is C68H45NS. The first-order chi connectivity index (χ1) is 34.7. The second-order valence-corrected chi connectivity index (χ2v) is 19.0. The van der Waals surface area contributed by atoms with E-state index in [0.29, 0.717) is 0 Å². The molecule has 0 atom stereocenters. The average molecular weight is 908 g/mol. The molecule has 0 spiro atoms. The monoisotopic (exact) mass is 907 g/mol. The molecule has 328 valence electrons. The summed E-state index contributed by atoms with van der Waals surface area (Å²) in [5.41, 5.74) is 17.6. The molecule has 0 amide bonds. The summed E-state index contributed by atoms with van der Waals surface area (Å²) in [7, 11) is 0. The zero-order valence-electron chi connectivity index (χ0n) is 38.3. The number of benzene rings is 12. The second kappa shape index (κ2) is 17.7. The fourth-order valence-electron chi connectivity index (χ4n) is 10.6. The first-order valence-electron chi connectivity index (χ1n) is 24.0. The number of nitrogens with zero attached hydrogens (tertiary/aromatic N) is 1. The maximum Gasteiger partial charge on any atom is 0.0540 e. The minimum absolute atomic E-state index is 1.08. The predicted octanol–water partition coefficient (Wildman–Crippen LogP) is 19.8. The number of thiophene rings is 1. The Hall–Kier alpha value is -8.82. The van der Waals surface area contributed by atoms with Gasteiger partial charge >= 0.3 is 0 Å². The molecule has 0 bridgehead atoms. The lowest BCUT2D eigenvalue weighted by Gasteiger charge is -2.29. The van der Waals surface area contributed by atoms with E-state index in [-0.39, 0.29) is 0 Å².